The molecule has 1 aromatic rings. The zero-order chi connectivity index (χ0) is 12.1. The van der Waals surface area contributed by atoms with E-state index in [1.165, 1.54) is 12.8 Å². The van der Waals surface area contributed by atoms with E-state index in [0.717, 1.165) is 37.6 Å². The van der Waals surface area contributed by atoms with Crippen LogP contribution in [0.5, 0.6) is 0 Å². The fourth-order valence-corrected chi connectivity index (χ4v) is 2.34. The van der Waals surface area contributed by atoms with Gasteiger partial charge in [0.1, 0.15) is 0 Å². The lowest BCUT2D eigenvalue weighted by Gasteiger charge is -2.32. The number of rotatable bonds is 4. The van der Waals surface area contributed by atoms with Crippen molar-refractivity contribution >= 4 is 5.69 Å². The molecule has 1 atom stereocenters. The van der Waals surface area contributed by atoms with E-state index in [0.29, 0.717) is 6.10 Å². The highest BCUT2D eigenvalue weighted by molar-refractivity contribution is 5.37. The van der Waals surface area contributed by atoms with Gasteiger partial charge in [-0.15, -0.1) is 0 Å². The van der Waals surface area contributed by atoms with Crippen molar-refractivity contribution in [3.63, 3.8) is 0 Å². The summed E-state index contributed by atoms with van der Waals surface area (Å²) in [6.45, 7) is 5.85. The van der Waals surface area contributed by atoms with Crippen LogP contribution in [0.4, 0.5) is 5.69 Å². The normalized spacial score (nSPS) is 21.6. The van der Waals surface area contributed by atoms with E-state index in [2.05, 4.69) is 16.8 Å². The molecule has 2 heterocycles. The molecular formula is C13H21N3O. The van der Waals surface area contributed by atoms with Gasteiger partial charge in [-0.3, -0.25) is 9.88 Å². The molecule has 94 valence electrons. The van der Waals surface area contributed by atoms with Crippen LogP contribution in [0.25, 0.3) is 0 Å². The van der Waals surface area contributed by atoms with E-state index in [1.807, 2.05) is 12.1 Å². The summed E-state index contributed by atoms with van der Waals surface area (Å²) in [4.78, 5) is 6.74. The van der Waals surface area contributed by atoms with Gasteiger partial charge in [-0.05, 0) is 38.4 Å². The van der Waals surface area contributed by atoms with Crippen molar-refractivity contribution in [2.24, 2.45) is 0 Å². The first-order chi connectivity index (χ1) is 8.28. The predicted octanol–water partition coefficient (Wildman–Crippen LogP) is 1.66. The second kappa shape index (κ2) is 5.98. The molecule has 0 saturated carbocycles. The molecule has 4 heteroatoms. The molecule has 1 aliphatic rings. The van der Waals surface area contributed by atoms with Crippen LogP contribution in [0.15, 0.2) is 18.3 Å². The number of anilines is 1. The number of nitrogen functional groups attached to an aromatic ring is 1. The summed E-state index contributed by atoms with van der Waals surface area (Å²) in [7, 11) is 0. The van der Waals surface area contributed by atoms with E-state index < -0.39 is 0 Å². The Bertz CT molecular complexity index is 354. The van der Waals surface area contributed by atoms with Crippen LogP contribution in [-0.4, -0.2) is 35.7 Å². The molecule has 2 rings (SSSR count). The van der Waals surface area contributed by atoms with E-state index in [1.54, 1.807) is 6.20 Å². The summed E-state index contributed by atoms with van der Waals surface area (Å²) in [5.41, 5.74) is 7.58. The second-order valence-electron chi connectivity index (χ2n) is 4.54. The molecule has 0 aromatic carbocycles. The molecule has 0 spiro atoms. The highest BCUT2D eigenvalue weighted by atomic mass is 16.5. The Morgan fingerprint density at radius 2 is 2.47 bits per heavy atom. The van der Waals surface area contributed by atoms with Crippen LogP contribution in [0.1, 0.15) is 25.5 Å². The number of nitrogens with two attached hydrogens (primary N) is 1. The molecule has 0 radical (unpaired) electrons. The zero-order valence-corrected chi connectivity index (χ0v) is 10.4. The van der Waals surface area contributed by atoms with E-state index in [9.17, 15) is 0 Å². The fourth-order valence-electron chi connectivity index (χ4n) is 2.34. The Hall–Kier alpha value is -1.13. The van der Waals surface area contributed by atoms with Crippen molar-refractivity contribution in [3.05, 3.63) is 24.0 Å². The van der Waals surface area contributed by atoms with Gasteiger partial charge >= 0.3 is 0 Å². The average molecular weight is 235 g/mol. The Labute approximate surface area is 103 Å². The Morgan fingerprint density at radius 1 is 1.59 bits per heavy atom. The van der Waals surface area contributed by atoms with E-state index >= 15 is 0 Å². The lowest BCUT2D eigenvalue weighted by Crippen LogP contribution is -2.39. The van der Waals surface area contributed by atoms with Crippen molar-refractivity contribution in [1.82, 2.24) is 9.88 Å². The third-order valence-corrected chi connectivity index (χ3v) is 3.09. The Balaban J connectivity index is 1.90. The summed E-state index contributed by atoms with van der Waals surface area (Å²) in [6, 6.07) is 3.77. The number of aromatic nitrogens is 1. The minimum absolute atomic E-state index is 0.384. The first-order valence-electron chi connectivity index (χ1n) is 6.32. The van der Waals surface area contributed by atoms with Gasteiger partial charge in [0, 0.05) is 31.6 Å². The standard InChI is InChI=1S/C13H21N3O/c1-2-17-13-4-3-7-16(10-13)9-12-8-11(14)5-6-15-12/h5-6,8,13H,2-4,7,9-10H2,1H3,(H2,14,15). The van der Waals surface area contributed by atoms with Crippen molar-refractivity contribution in [1.29, 1.82) is 0 Å². The summed E-state index contributed by atoms with van der Waals surface area (Å²) in [5.74, 6) is 0. The first kappa shape index (κ1) is 12.3. The molecule has 2 N–H and O–H groups in total. The molecule has 17 heavy (non-hydrogen) atoms. The molecular weight excluding hydrogens is 214 g/mol. The molecule has 0 amide bonds. The Morgan fingerprint density at radius 3 is 3.24 bits per heavy atom. The lowest BCUT2D eigenvalue weighted by atomic mass is 10.1. The quantitative estimate of drug-likeness (QED) is 0.862. The van der Waals surface area contributed by atoms with Gasteiger partial charge in [0.05, 0.1) is 11.8 Å². The van der Waals surface area contributed by atoms with Gasteiger partial charge in [-0.1, -0.05) is 0 Å². The van der Waals surface area contributed by atoms with Gasteiger partial charge in [0.2, 0.25) is 0 Å². The maximum Gasteiger partial charge on any atom is 0.0702 e. The SMILES string of the molecule is CCOC1CCCN(Cc2cc(N)ccn2)C1. The average Bonchev–Trinajstić information content (AvgIpc) is 2.30. The van der Waals surface area contributed by atoms with Crippen molar-refractivity contribution in [2.75, 3.05) is 25.4 Å². The van der Waals surface area contributed by atoms with Gasteiger partial charge < -0.3 is 10.5 Å². The fraction of sp³-hybridized carbons (Fsp3) is 0.615. The maximum atomic E-state index is 5.76. The van der Waals surface area contributed by atoms with Crippen LogP contribution in [0.3, 0.4) is 0 Å². The molecule has 0 aliphatic carbocycles. The number of pyridine rings is 1. The number of piperidine rings is 1. The van der Waals surface area contributed by atoms with E-state index in [-0.39, 0.29) is 0 Å². The second-order valence-corrected chi connectivity index (χ2v) is 4.54. The smallest absolute Gasteiger partial charge is 0.0702 e. The molecule has 0 bridgehead atoms. The highest BCUT2D eigenvalue weighted by Crippen LogP contribution is 2.15. The van der Waals surface area contributed by atoms with Gasteiger partial charge in [0.15, 0.2) is 0 Å². The third kappa shape index (κ3) is 3.68. The van der Waals surface area contributed by atoms with E-state index in [4.69, 9.17) is 10.5 Å². The first-order valence-corrected chi connectivity index (χ1v) is 6.32. The van der Waals surface area contributed by atoms with Crippen LogP contribution in [0.2, 0.25) is 0 Å². The summed E-state index contributed by atoms with van der Waals surface area (Å²) in [6.07, 6.45) is 4.53. The lowest BCUT2D eigenvalue weighted by molar-refractivity contribution is 0.00332. The number of hydrogen-bond acceptors (Lipinski definition) is 4. The Kier molecular flexibility index (Phi) is 4.34. The topological polar surface area (TPSA) is 51.4 Å². The van der Waals surface area contributed by atoms with Crippen molar-refractivity contribution in [2.45, 2.75) is 32.4 Å². The van der Waals surface area contributed by atoms with Crippen LogP contribution in [-0.2, 0) is 11.3 Å². The van der Waals surface area contributed by atoms with Gasteiger partial charge in [-0.25, -0.2) is 0 Å². The monoisotopic (exact) mass is 235 g/mol. The van der Waals surface area contributed by atoms with Gasteiger partial charge in [0.25, 0.3) is 0 Å². The minimum atomic E-state index is 0.384. The number of ether oxygens (including phenoxy) is 1. The third-order valence-electron chi connectivity index (χ3n) is 3.09. The summed E-state index contributed by atoms with van der Waals surface area (Å²) >= 11 is 0. The molecule has 1 aromatic heterocycles. The number of nitrogens with zero attached hydrogens (tertiary/aromatic N) is 2. The van der Waals surface area contributed by atoms with Crippen LogP contribution >= 0.6 is 0 Å². The summed E-state index contributed by atoms with van der Waals surface area (Å²) in [5, 5.41) is 0. The summed E-state index contributed by atoms with van der Waals surface area (Å²) < 4.78 is 5.69. The number of hydrogen-bond donors (Lipinski definition) is 1. The molecule has 1 unspecified atom stereocenters. The van der Waals surface area contributed by atoms with Gasteiger partial charge in [-0.2, -0.15) is 0 Å². The van der Waals surface area contributed by atoms with Crippen molar-refractivity contribution in [3.8, 4) is 0 Å². The molecule has 1 saturated heterocycles. The maximum absolute atomic E-state index is 5.76. The molecule has 1 aliphatic heterocycles. The minimum Gasteiger partial charge on any atom is -0.399 e. The predicted molar refractivity (Wildman–Crippen MR) is 68.6 cm³/mol. The largest absolute Gasteiger partial charge is 0.399 e. The highest BCUT2D eigenvalue weighted by Gasteiger charge is 2.20. The zero-order valence-electron chi connectivity index (χ0n) is 10.4. The molecule has 1 fully saturated rings. The number of likely N-dealkylation sites (tertiary alicyclic amines) is 1. The van der Waals surface area contributed by atoms with Crippen molar-refractivity contribution < 1.29 is 4.74 Å². The molecule has 4 nitrogen and oxygen atoms in total. The van der Waals surface area contributed by atoms with Crippen LogP contribution < -0.4 is 5.73 Å². The van der Waals surface area contributed by atoms with Crippen LogP contribution in [0, 0.1) is 0 Å².